The highest BCUT2D eigenvalue weighted by Gasteiger charge is 2.35. The molecule has 1 aromatic rings. The van der Waals surface area contributed by atoms with Crippen LogP contribution in [0.3, 0.4) is 0 Å². The van der Waals surface area contributed by atoms with Crippen molar-refractivity contribution in [2.75, 3.05) is 6.61 Å². The van der Waals surface area contributed by atoms with Gasteiger partial charge < -0.3 is 10.4 Å². The van der Waals surface area contributed by atoms with Crippen molar-refractivity contribution in [2.24, 2.45) is 5.92 Å². The minimum Gasteiger partial charge on any atom is -0.394 e. The first-order chi connectivity index (χ1) is 9.63. The summed E-state index contributed by atoms with van der Waals surface area (Å²) in [4.78, 5) is 16.3. The van der Waals surface area contributed by atoms with Gasteiger partial charge in [0.2, 0.25) is 5.91 Å². The van der Waals surface area contributed by atoms with E-state index in [2.05, 4.69) is 17.2 Å². The fourth-order valence-corrected chi connectivity index (χ4v) is 3.10. The van der Waals surface area contributed by atoms with Crippen molar-refractivity contribution in [1.29, 1.82) is 0 Å². The number of aliphatic hydroxyl groups is 1. The van der Waals surface area contributed by atoms with E-state index < -0.39 is 5.54 Å². The topological polar surface area (TPSA) is 62.2 Å². The minimum absolute atomic E-state index is 0.0128. The maximum Gasteiger partial charge on any atom is 0.220 e. The van der Waals surface area contributed by atoms with E-state index in [0.717, 1.165) is 25.0 Å². The molecule has 0 saturated heterocycles. The maximum absolute atomic E-state index is 12.1. The Kier molecular flexibility index (Phi) is 5.12. The third-order valence-corrected chi connectivity index (χ3v) is 4.13. The molecular formula is C16H24N2O2. The Balaban J connectivity index is 1.86. The molecule has 1 aromatic heterocycles. The molecule has 1 aliphatic carbocycles. The van der Waals surface area contributed by atoms with Crippen LogP contribution in [-0.4, -0.2) is 28.1 Å². The van der Waals surface area contributed by atoms with Crippen molar-refractivity contribution in [3.8, 4) is 0 Å². The Morgan fingerprint density at radius 3 is 3.05 bits per heavy atom. The summed E-state index contributed by atoms with van der Waals surface area (Å²) in [5, 5.41) is 12.7. The van der Waals surface area contributed by atoms with Crippen LogP contribution in [0.4, 0.5) is 0 Å². The van der Waals surface area contributed by atoms with Gasteiger partial charge in [-0.05, 0) is 37.3 Å². The summed E-state index contributed by atoms with van der Waals surface area (Å²) in [5.74, 6) is 0.575. The van der Waals surface area contributed by atoms with Crippen LogP contribution in [0.2, 0.25) is 0 Å². The van der Waals surface area contributed by atoms with Gasteiger partial charge in [0.1, 0.15) is 0 Å². The molecule has 0 radical (unpaired) electrons. The molecule has 0 bridgehead atoms. The highest BCUT2D eigenvalue weighted by atomic mass is 16.3. The molecule has 2 rings (SSSR count). The van der Waals surface area contributed by atoms with E-state index >= 15 is 0 Å². The number of aromatic nitrogens is 1. The lowest BCUT2D eigenvalue weighted by Crippen LogP contribution is -2.53. The lowest BCUT2D eigenvalue weighted by molar-refractivity contribution is -0.124. The fraction of sp³-hybridized carbons (Fsp3) is 0.625. The maximum atomic E-state index is 12.1. The molecule has 0 aliphatic heterocycles. The summed E-state index contributed by atoms with van der Waals surface area (Å²) in [6, 6.07) is 5.73. The second-order valence-corrected chi connectivity index (χ2v) is 6.01. The number of carbonyl (C=O) groups is 1. The summed E-state index contributed by atoms with van der Waals surface area (Å²) < 4.78 is 0. The van der Waals surface area contributed by atoms with Gasteiger partial charge in [-0.1, -0.05) is 25.8 Å². The van der Waals surface area contributed by atoms with Gasteiger partial charge in [-0.3, -0.25) is 9.78 Å². The first-order valence-electron chi connectivity index (χ1n) is 7.45. The van der Waals surface area contributed by atoms with Gasteiger partial charge in [0.15, 0.2) is 0 Å². The third kappa shape index (κ3) is 4.04. The summed E-state index contributed by atoms with van der Waals surface area (Å²) in [7, 11) is 0. The molecule has 20 heavy (non-hydrogen) atoms. The van der Waals surface area contributed by atoms with Crippen LogP contribution in [-0.2, 0) is 11.2 Å². The number of hydrogen-bond acceptors (Lipinski definition) is 3. The minimum atomic E-state index is -0.404. The molecule has 1 amide bonds. The molecule has 0 aromatic carbocycles. The van der Waals surface area contributed by atoms with Crippen LogP contribution in [0, 0.1) is 5.92 Å². The molecule has 4 nitrogen and oxygen atoms in total. The molecule has 1 saturated carbocycles. The highest BCUT2D eigenvalue weighted by molar-refractivity contribution is 5.77. The Morgan fingerprint density at radius 1 is 1.55 bits per heavy atom. The predicted molar refractivity (Wildman–Crippen MR) is 78.1 cm³/mol. The lowest BCUT2D eigenvalue weighted by atomic mass is 9.76. The zero-order valence-electron chi connectivity index (χ0n) is 12.1. The number of nitrogens with zero attached hydrogens (tertiary/aromatic N) is 1. The number of hydrogen-bond donors (Lipinski definition) is 2. The number of pyridine rings is 1. The molecule has 2 atom stereocenters. The van der Waals surface area contributed by atoms with E-state index in [1.165, 1.54) is 6.42 Å². The SMILES string of the molecule is CC1CCCC(CO)(NC(=O)CCc2ccccn2)C1. The first-order valence-corrected chi connectivity index (χ1v) is 7.45. The largest absolute Gasteiger partial charge is 0.394 e. The number of aryl methyl sites for hydroxylation is 1. The van der Waals surface area contributed by atoms with E-state index in [1.54, 1.807) is 6.20 Å². The van der Waals surface area contributed by atoms with Crippen LogP contribution in [0.15, 0.2) is 24.4 Å². The quantitative estimate of drug-likeness (QED) is 0.865. The van der Waals surface area contributed by atoms with Crippen LogP contribution >= 0.6 is 0 Å². The molecular weight excluding hydrogens is 252 g/mol. The second kappa shape index (κ2) is 6.84. The van der Waals surface area contributed by atoms with Crippen LogP contribution in [0.1, 0.15) is 44.7 Å². The smallest absolute Gasteiger partial charge is 0.220 e. The molecule has 2 unspecified atom stereocenters. The standard InChI is InChI=1S/C16H24N2O2/c1-13-5-4-9-16(11-13,12-19)18-15(20)8-7-14-6-2-3-10-17-14/h2-3,6,10,13,19H,4-5,7-9,11-12H2,1H3,(H,18,20). The van der Waals surface area contributed by atoms with Gasteiger partial charge in [-0.2, -0.15) is 0 Å². The molecule has 4 heteroatoms. The summed E-state index contributed by atoms with van der Waals surface area (Å²) in [5.41, 5.74) is 0.525. The molecule has 1 fully saturated rings. The Labute approximate surface area is 120 Å². The Hall–Kier alpha value is -1.42. The first kappa shape index (κ1) is 15.0. The van der Waals surface area contributed by atoms with Crippen molar-refractivity contribution in [2.45, 2.75) is 51.0 Å². The molecule has 1 heterocycles. The fourth-order valence-electron chi connectivity index (χ4n) is 3.10. The highest BCUT2D eigenvalue weighted by Crippen LogP contribution is 2.32. The van der Waals surface area contributed by atoms with Gasteiger partial charge in [-0.25, -0.2) is 0 Å². The van der Waals surface area contributed by atoms with Gasteiger partial charge in [-0.15, -0.1) is 0 Å². The molecule has 1 aliphatic rings. The predicted octanol–water partition coefficient (Wildman–Crippen LogP) is 2.07. The summed E-state index contributed by atoms with van der Waals surface area (Å²) in [6.45, 7) is 2.22. The van der Waals surface area contributed by atoms with Gasteiger partial charge in [0.05, 0.1) is 12.1 Å². The van der Waals surface area contributed by atoms with Crippen LogP contribution in [0.25, 0.3) is 0 Å². The van der Waals surface area contributed by atoms with Crippen LogP contribution in [0.5, 0.6) is 0 Å². The normalized spacial score (nSPS) is 26.2. The van der Waals surface area contributed by atoms with E-state index in [1.807, 2.05) is 18.2 Å². The average Bonchev–Trinajstić information content (AvgIpc) is 2.46. The van der Waals surface area contributed by atoms with E-state index in [-0.39, 0.29) is 12.5 Å². The van der Waals surface area contributed by atoms with Crippen LogP contribution < -0.4 is 5.32 Å². The Morgan fingerprint density at radius 2 is 2.40 bits per heavy atom. The van der Waals surface area contributed by atoms with Crippen molar-refractivity contribution < 1.29 is 9.90 Å². The van der Waals surface area contributed by atoms with E-state index in [9.17, 15) is 9.90 Å². The number of rotatable bonds is 5. The number of nitrogens with one attached hydrogen (secondary N) is 1. The molecule has 110 valence electrons. The van der Waals surface area contributed by atoms with E-state index in [4.69, 9.17) is 0 Å². The van der Waals surface area contributed by atoms with Crippen molar-refractivity contribution in [1.82, 2.24) is 10.3 Å². The monoisotopic (exact) mass is 276 g/mol. The van der Waals surface area contributed by atoms with Gasteiger partial charge in [0.25, 0.3) is 0 Å². The average molecular weight is 276 g/mol. The summed E-state index contributed by atoms with van der Waals surface area (Å²) in [6.07, 6.45) is 6.82. The van der Waals surface area contributed by atoms with Crippen molar-refractivity contribution in [3.05, 3.63) is 30.1 Å². The molecule has 2 N–H and O–H groups in total. The molecule has 0 spiro atoms. The third-order valence-electron chi connectivity index (χ3n) is 4.13. The van der Waals surface area contributed by atoms with E-state index in [0.29, 0.717) is 18.8 Å². The lowest BCUT2D eigenvalue weighted by Gasteiger charge is -2.39. The van der Waals surface area contributed by atoms with Crippen molar-refractivity contribution >= 4 is 5.91 Å². The number of amides is 1. The van der Waals surface area contributed by atoms with Gasteiger partial charge in [0, 0.05) is 18.3 Å². The zero-order chi connectivity index (χ0) is 14.4. The Bertz CT molecular complexity index is 435. The zero-order valence-corrected chi connectivity index (χ0v) is 12.1. The summed E-state index contributed by atoms with van der Waals surface area (Å²) >= 11 is 0. The second-order valence-electron chi connectivity index (χ2n) is 6.01. The van der Waals surface area contributed by atoms with Gasteiger partial charge >= 0.3 is 0 Å². The number of carbonyl (C=O) groups excluding carboxylic acids is 1. The number of aliphatic hydroxyl groups excluding tert-OH is 1. The van der Waals surface area contributed by atoms with Crippen molar-refractivity contribution in [3.63, 3.8) is 0 Å².